The molecule has 3 rings (SSSR count). The first-order valence-corrected chi connectivity index (χ1v) is 5.03. The molecule has 2 heteroatoms. The van der Waals surface area contributed by atoms with Crippen molar-refractivity contribution in [2.75, 3.05) is 0 Å². The van der Waals surface area contributed by atoms with E-state index in [0.29, 0.717) is 5.41 Å². The molecule has 0 aromatic carbocycles. The van der Waals surface area contributed by atoms with Gasteiger partial charge in [0.05, 0.1) is 0 Å². The normalized spacial score (nSPS) is 54.8. The second kappa shape index (κ2) is 1.86. The van der Waals surface area contributed by atoms with E-state index in [1.54, 1.807) is 0 Å². The molecule has 0 saturated heterocycles. The first-order chi connectivity index (χ1) is 5.74. The largest absolute Gasteiger partial charge is 0.369 e. The van der Waals surface area contributed by atoms with Crippen molar-refractivity contribution in [2.24, 2.45) is 28.9 Å². The highest BCUT2D eigenvalue weighted by atomic mass is 16.1. The minimum absolute atomic E-state index is 0.0393. The molecule has 2 N–H and O–H groups in total. The quantitative estimate of drug-likeness (QED) is 0.625. The van der Waals surface area contributed by atoms with Crippen LogP contribution in [-0.2, 0) is 4.79 Å². The van der Waals surface area contributed by atoms with Crippen LogP contribution >= 0.6 is 0 Å². The molecular formula is C10H15NO. The van der Waals surface area contributed by atoms with Crippen molar-refractivity contribution < 1.29 is 4.79 Å². The smallest absolute Gasteiger partial charge is 0.221 e. The maximum absolute atomic E-state index is 11.0. The first kappa shape index (κ1) is 6.93. The van der Waals surface area contributed by atoms with E-state index in [2.05, 4.69) is 0 Å². The summed E-state index contributed by atoms with van der Waals surface area (Å²) < 4.78 is 0. The second-order valence-corrected chi connectivity index (χ2v) is 4.87. The summed E-state index contributed by atoms with van der Waals surface area (Å²) in [7, 11) is 0. The van der Waals surface area contributed by atoms with Crippen molar-refractivity contribution in [3.63, 3.8) is 0 Å². The Kier molecular flexibility index (Phi) is 1.07. The number of carbonyl (C=O) groups is 1. The number of nitrogens with two attached hydrogens (primary N) is 1. The number of carbonyl (C=O) groups excluding carboxylic acids is 1. The predicted octanol–water partition coefficient (Wildman–Crippen LogP) is 1.30. The Bertz CT molecular complexity index is 250. The molecule has 3 fully saturated rings. The van der Waals surface area contributed by atoms with E-state index in [-0.39, 0.29) is 11.8 Å². The topological polar surface area (TPSA) is 43.1 Å². The molecular weight excluding hydrogens is 150 g/mol. The van der Waals surface area contributed by atoms with Crippen LogP contribution < -0.4 is 5.73 Å². The summed E-state index contributed by atoms with van der Waals surface area (Å²) in [6, 6.07) is 0. The SMILES string of the molecule is NC(=O)C1CC12CCC1CCC12. The maximum Gasteiger partial charge on any atom is 0.221 e. The molecule has 4 unspecified atom stereocenters. The Balaban J connectivity index is 1.82. The number of hydrogen-bond acceptors (Lipinski definition) is 1. The summed E-state index contributed by atoms with van der Waals surface area (Å²) in [4.78, 5) is 11.0. The maximum atomic E-state index is 11.0. The fourth-order valence-corrected chi connectivity index (χ4v) is 3.70. The van der Waals surface area contributed by atoms with Gasteiger partial charge in [0.2, 0.25) is 5.91 Å². The molecule has 3 aliphatic rings. The molecule has 12 heavy (non-hydrogen) atoms. The van der Waals surface area contributed by atoms with E-state index >= 15 is 0 Å². The average Bonchev–Trinajstić information content (AvgIpc) is 2.56. The lowest BCUT2D eigenvalue weighted by Gasteiger charge is -2.34. The van der Waals surface area contributed by atoms with E-state index in [1.807, 2.05) is 0 Å². The van der Waals surface area contributed by atoms with Gasteiger partial charge in [0.1, 0.15) is 0 Å². The van der Waals surface area contributed by atoms with Crippen LogP contribution in [0.3, 0.4) is 0 Å². The van der Waals surface area contributed by atoms with Gasteiger partial charge >= 0.3 is 0 Å². The molecule has 1 amide bonds. The van der Waals surface area contributed by atoms with Crippen LogP contribution in [0.4, 0.5) is 0 Å². The first-order valence-electron chi connectivity index (χ1n) is 5.03. The van der Waals surface area contributed by atoms with Gasteiger partial charge in [-0.2, -0.15) is 0 Å². The molecule has 3 aliphatic carbocycles. The highest BCUT2D eigenvalue weighted by Crippen LogP contribution is 2.72. The molecule has 66 valence electrons. The minimum Gasteiger partial charge on any atom is -0.369 e. The van der Waals surface area contributed by atoms with Crippen LogP contribution in [0.1, 0.15) is 32.1 Å². The number of hydrogen-bond donors (Lipinski definition) is 1. The van der Waals surface area contributed by atoms with Gasteiger partial charge in [-0.15, -0.1) is 0 Å². The van der Waals surface area contributed by atoms with Crippen LogP contribution in [0.15, 0.2) is 0 Å². The van der Waals surface area contributed by atoms with Gasteiger partial charge in [-0.3, -0.25) is 4.79 Å². The molecule has 1 spiro atoms. The van der Waals surface area contributed by atoms with E-state index in [4.69, 9.17) is 5.73 Å². The van der Waals surface area contributed by atoms with Crippen molar-refractivity contribution >= 4 is 5.91 Å². The van der Waals surface area contributed by atoms with E-state index in [1.165, 1.54) is 25.7 Å². The van der Waals surface area contributed by atoms with Gasteiger partial charge in [-0.1, -0.05) is 0 Å². The third kappa shape index (κ3) is 0.606. The highest BCUT2D eigenvalue weighted by Gasteiger charge is 2.67. The van der Waals surface area contributed by atoms with E-state index in [9.17, 15) is 4.79 Å². The Morgan fingerprint density at radius 2 is 2.17 bits per heavy atom. The summed E-state index contributed by atoms with van der Waals surface area (Å²) in [6.07, 6.45) is 6.56. The Morgan fingerprint density at radius 1 is 1.33 bits per heavy atom. The Labute approximate surface area is 72.5 Å². The number of primary amides is 1. The molecule has 0 radical (unpaired) electrons. The Morgan fingerprint density at radius 3 is 2.58 bits per heavy atom. The molecule has 0 aromatic heterocycles. The standard InChI is InChI=1S/C10H15NO/c11-9(12)8-5-10(8)4-3-6-1-2-7(6)10/h6-8H,1-5H2,(H2,11,12). The fourth-order valence-electron chi connectivity index (χ4n) is 3.70. The van der Waals surface area contributed by atoms with Crippen molar-refractivity contribution in [3.05, 3.63) is 0 Å². The van der Waals surface area contributed by atoms with Crippen LogP contribution in [0.5, 0.6) is 0 Å². The zero-order valence-electron chi connectivity index (χ0n) is 7.25. The van der Waals surface area contributed by atoms with Crippen molar-refractivity contribution in [2.45, 2.75) is 32.1 Å². The van der Waals surface area contributed by atoms with Crippen molar-refractivity contribution in [1.29, 1.82) is 0 Å². The lowest BCUT2D eigenvalue weighted by molar-refractivity contribution is -0.120. The van der Waals surface area contributed by atoms with Crippen molar-refractivity contribution in [1.82, 2.24) is 0 Å². The Hall–Kier alpha value is -0.530. The van der Waals surface area contributed by atoms with Gasteiger partial charge in [0.15, 0.2) is 0 Å². The third-order valence-corrected chi connectivity index (χ3v) is 4.60. The number of rotatable bonds is 1. The monoisotopic (exact) mass is 165 g/mol. The fraction of sp³-hybridized carbons (Fsp3) is 0.900. The summed E-state index contributed by atoms with van der Waals surface area (Å²) in [6.45, 7) is 0. The second-order valence-electron chi connectivity index (χ2n) is 4.87. The predicted molar refractivity (Wildman–Crippen MR) is 45.2 cm³/mol. The lowest BCUT2D eigenvalue weighted by Crippen LogP contribution is -2.29. The van der Waals surface area contributed by atoms with Crippen LogP contribution in [0, 0.1) is 23.2 Å². The molecule has 0 aromatic rings. The third-order valence-electron chi connectivity index (χ3n) is 4.60. The number of amides is 1. The van der Waals surface area contributed by atoms with Gasteiger partial charge in [-0.25, -0.2) is 0 Å². The van der Waals surface area contributed by atoms with E-state index in [0.717, 1.165) is 18.3 Å². The lowest BCUT2D eigenvalue weighted by atomic mass is 9.70. The zero-order valence-corrected chi connectivity index (χ0v) is 7.25. The molecule has 3 saturated carbocycles. The molecule has 2 nitrogen and oxygen atoms in total. The summed E-state index contributed by atoms with van der Waals surface area (Å²) in [5.41, 5.74) is 5.77. The molecule has 0 aliphatic heterocycles. The van der Waals surface area contributed by atoms with Gasteiger partial charge in [0, 0.05) is 5.92 Å². The molecule has 4 atom stereocenters. The van der Waals surface area contributed by atoms with Gasteiger partial charge in [0.25, 0.3) is 0 Å². The van der Waals surface area contributed by atoms with Crippen LogP contribution in [0.2, 0.25) is 0 Å². The molecule has 0 bridgehead atoms. The van der Waals surface area contributed by atoms with Gasteiger partial charge in [-0.05, 0) is 49.4 Å². The summed E-state index contributed by atoms with van der Waals surface area (Å²) in [5, 5.41) is 0. The summed E-state index contributed by atoms with van der Waals surface area (Å²) >= 11 is 0. The molecule has 0 heterocycles. The van der Waals surface area contributed by atoms with Crippen LogP contribution in [0.25, 0.3) is 0 Å². The number of fused-ring (bicyclic) bond motifs is 2. The highest BCUT2D eigenvalue weighted by molar-refractivity contribution is 5.81. The van der Waals surface area contributed by atoms with E-state index < -0.39 is 0 Å². The average molecular weight is 165 g/mol. The zero-order chi connectivity index (χ0) is 8.34. The summed E-state index contributed by atoms with van der Waals surface area (Å²) in [5.74, 6) is 2.07. The van der Waals surface area contributed by atoms with Crippen molar-refractivity contribution in [3.8, 4) is 0 Å². The minimum atomic E-state index is -0.0393. The van der Waals surface area contributed by atoms with Crippen LogP contribution in [-0.4, -0.2) is 5.91 Å². The van der Waals surface area contributed by atoms with Gasteiger partial charge < -0.3 is 5.73 Å².